The zero-order chi connectivity index (χ0) is 24.4. The number of nitrogens with zero attached hydrogens (tertiary/aromatic N) is 3. The number of rotatable bonds is 6. The molecule has 0 radical (unpaired) electrons. The summed E-state index contributed by atoms with van der Waals surface area (Å²) in [7, 11) is 1.59. The molecule has 7 nitrogen and oxygen atoms in total. The van der Waals surface area contributed by atoms with Crippen molar-refractivity contribution in [2.24, 2.45) is 9.98 Å². The van der Waals surface area contributed by atoms with E-state index < -0.39 is 11.3 Å². The van der Waals surface area contributed by atoms with Gasteiger partial charge in [-0.1, -0.05) is 54.2 Å². The fourth-order valence-electron chi connectivity index (χ4n) is 3.98. The van der Waals surface area contributed by atoms with Crippen LogP contribution >= 0.6 is 11.8 Å². The highest BCUT2D eigenvalue weighted by atomic mass is 32.2. The Kier molecular flexibility index (Phi) is 6.37. The quantitative estimate of drug-likeness (QED) is 0.552. The van der Waals surface area contributed by atoms with E-state index in [0.29, 0.717) is 28.9 Å². The molecule has 0 aromatic heterocycles. The molecule has 0 saturated heterocycles. The van der Waals surface area contributed by atoms with E-state index in [9.17, 15) is 9.59 Å². The first kappa shape index (κ1) is 22.9. The first-order valence-electron chi connectivity index (χ1n) is 11.3. The summed E-state index contributed by atoms with van der Waals surface area (Å²) in [4.78, 5) is 37.5. The monoisotopic (exact) mass is 484 g/mol. The predicted octanol–water partition coefficient (Wildman–Crippen LogP) is 4.66. The molecular formula is C27H24N4O3S. The van der Waals surface area contributed by atoms with Crippen LogP contribution in [0.1, 0.15) is 18.1 Å². The number of nitrogens with one attached hydrogen (secondary N) is 1. The molecule has 0 unspecified atom stereocenters. The normalized spacial score (nSPS) is 17.1. The van der Waals surface area contributed by atoms with Crippen LogP contribution in [0.5, 0.6) is 5.75 Å². The highest BCUT2D eigenvalue weighted by Crippen LogP contribution is 2.35. The lowest BCUT2D eigenvalue weighted by atomic mass is 10.1. The van der Waals surface area contributed by atoms with Crippen LogP contribution in [0.2, 0.25) is 0 Å². The maximum atomic E-state index is 13.5. The van der Waals surface area contributed by atoms with Gasteiger partial charge in [-0.05, 0) is 48.9 Å². The third kappa shape index (κ3) is 4.70. The predicted molar refractivity (Wildman–Crippen MR) is 140 cm³/mol. The second kappa shape index (κ2) is 9.76. The number of carbonyl (C=O) groups excluding carboxylic acids is 2. The van der Waals surface area contributed by atoms with Crippen molar-refractivity contribution in [3.05, 3.63) is 90.0 Å². The lowest BCUT2D eigenvalue weighted by Crippen LogP contribution is -2.42. The van der Waals surface area contributed by atoms with Gasteiger partial charge in [0.2, 0.25) is 5.91 Å². The van der Waals surface area contributed by atoms with Crippen LogP contribution in [0.15, 0.2) is 88.8 Å². The second-order valence-electron chi connectivity index (χ2n) is 8.22. The van der Waals surface area contributed by atoms with Crippen molar-refractivity contribution in [2.45, 2.75) is 24.6 Å². The fraction of sp³-hybridized carbons (Fsp3) is 0.185. The number of carbonyl (C=O) groups is 2. The SMILES string of the molecule is COc1ccc(NC(=O)[C@H](C)SC2=Nc3ccccc3C3=N[C@@H](Cc4ccccc4)C(=O)N23)cc1. The van der Waals surface area contributed by atoms with Gasteiger partial charge in [0.25, 0.3) is 5.91 Å². The van der Waals surface area contributed by atoms with Crippen molar-refractivity contribution in [3.8, 4) is 5.75 Å². The molecule has 0 saturated carbocycles. The number of ether oxygens (including phenoxy) is 1. The van der Waals surface area contributed by atoms with Gasteiger partial charge in [0.15, 0.2) is 5.17 Å². The Hall–Kier alpha value is -3.91. The lowest BCUT2D eigenvalue weighted by molar-refractivity contribution is -0.124. The average Bonchev–Trinajstić information content (AvgIpc) is 3.21. The Morgan fingerprint density at radius 1 is 1.06 bits per heavy atom. The van der Waals surface area contributed by atoms with Crippen LogP contribution in [0, 0.1) is 0 Å². The van der Waals surface area contributed by atoms with Gasteiger partial charge in [-0.3, -0.25) is 14.6 Å². The van der Waals surface area contributed by atoms with Crippen LogP contribution in [-0.2, 0) is 16.0 Å². The Balaban J connectivity index is 1.37. The topological polar surface area (TPSA) is 83.4 Å². The molecule has 176 valence electrons. The molecule has 2 amide bonds. The van der Waals surface area contributed by atoms with E-state index >= 15 is 0 Å². The third-order valence-electron chi connectivity index (χ3n) is 5.83. The summed E-state index contributed by atoms with van der Waals surface area (Å²) in [6.45, 7) is 1.80. The number of hydrogen-bond donors (Lipinski definition) is 1. The summed E-state index contributed by atoms with van der Waals surface area (Å²) < 4.78 is 5.17. The molecule has 2 heterocycles. The number of methoxy groups -OCH3 is 1. The Labute approximate surface area is 207 Å². The second-order valence-corrected chi connectivity index (χ2v) is 9.53. The van der Waals surface area contributed by atoms with Gasteiger partial charge in [0.05, 0.1) is 18.0 Å². The van der Waals surface area contributed by atoms with Gasteiger partial charge in [-0.25, -0.2) is 9.89 Å². The molecule has 0 spiro atoms. The van der Waals surface area contributed by atoms with E-state index in [1.165, 1.54) is 11.8 Å². The number of thioether (sulfide) groups is 1. The van der Waals surface area contributed by atoms with Gasteiger partial charge in [0, 0.05) is 17.7 Å². The molecule has 0 fully saturated rings. The fourth-order valence-corrected chi connectivity index (χ4v) is 4.90. The number of fused-ring (bicyclic) bond motifs is 3. The number of aliphatic imine (C=N–C) groups is 2. The highest BCUT2D eigenvalue weighted by molar-refractivity contribution is 8.15. The smallest absolute Gasteiger partial charge is 0.259 e. The molecule has 2 atom stereocenters. The van der Waals surface area contributed by atoms with Crippen LogP contribution in [0.25, 0.3) is 0 Å². The van der Waals surface area contributed by atoms with Gasteiger partial charge >= 0.3 is 0 Å². The minimum absolute atomic E-state index is 0.132. The van der Waals surface area contributed by atoms with Crippen LogP contribution in [0.3, 0.4) is 0 Å². The van der Waals surface area contributed by atoms with Crippen molar-refractivity contribution in [1.29, 1.82) is 0 Å². The Morgan fingerprint density at radius 2 is 1.77 bits per heavy atom. The number of para-hydroxylation sites is 1. The van der Waals surface area contributed by atoms with Crippen molar-refractivity contribution < 1.29 is 14.3 Å². The summed E-state index contributed by atoms with van der Waals surface area (Å²) in [6.07, 6.45) is 0.507. The molecule has 2 aliphatic rings. The maximum absolute atomic E-state index is 13.5. The third-order valence-corrected chi connectivity index (χ3v) is 6.88. The van der Waals surface area contributed by atoms with E-state index in [0.717, 1.165) is 16.8 Å². The summed E-state index contributed by atoms with van der Waals surface area (Å²) in [5.41, 5.74) is 3.26. The van der Waals surface area contributed by atoms with Gasteiger partial charge in [0.1, 0.15) is 17.6 Å². The van der Waals surface area contributed by atoms with Crippen molar-refractivity contribution in [1.82, 2.24) is 4.90 Å². The van der Waals surface area contributed by atoms with E-state index in [1.54, 1.807) is 43.2 Å². The molecule has 1 N–H and O–H groups in total. The Morgan fingerprint density at radius 3 is 2.51 bits per heavy atom. The minimum Gasteiger partial charge on any atom is -0.497 e. The van der Waals surface area contributed by atoms with Crippen molar-refractivity contribution >= 4 is 46.0 Å². The molecule has 3 aromatic carbocycles. The number of benzene rings is 3. The maximum Gasteiger partial charge on any atom is 0.259 e. The van der Waals surface area contributed by atoms with E-state index in [2.05, 4.69) is 5.32 Å². The van der Waals surface area contributed by atoms with E-state index in [-0.39, 0.29) is 11.8 Å². The average molecular weight is 485 g/mol. The minimum atomic E-state index is -0.534. The summed E-state index contributed by atoms with van der Waals surface area (Å²) in [5.74, 6) is 0.983. The molecule has 5 rings (SSSR count). The first-order valence-corrected chi connectivity index (χ1v) is 12.2. The molecule has 2 aliphatic heterocycles. The van der Waals surface area contributed by atoms with Gasteiger partial charge in [-0.15, -0.1) is 0 Å². The van der Waals surface area contributed by atoms with E-state index in [1.807, 2.05) is 54.6 Å². The summed E-state index contributed by atoms with van der Waals surface area (Å²) in [5, 5.41) is 2.87. The molecule has 0 aliphatic carbocycles. The molecule has 3 aromatic rings. The van der Waals surface area contributed by atoms with Crippen LogP contribution in [0.4, 0.5) is 11.4 Å². The summed E-state index contributed by atoms with van der Waals surface area (Å²) in [6, 6.07) is 24.1. The van der Waals surface area contributed by atoms with Gasteiger partial charge < -0.3 is 10.1 Å². The standard InChI is InChI=1S/C27H24N4O3S/c1-17(25(32)28-19-12-14-20(34-2)15-13-19)35-27-30-22-11-7-6-10-21(22)24-29-23(26(33)31(24)27)16-18-8-4-3-5-9-18/h3-15,17,23H,16H2,1-2H3,(H,28,32)/t17-,23-/m0/s1. The van der Waals surface area contributed by atoms with Crippen LogP contribution in [-0.4, -0.2) is 46.1 Å². The lowest BCUT2D eigenvalue weighted by Gasteiger charge is -2.27. The van der Waals surface area contributed by atoms with Crippen LogP contribution < -0.4 is 10.1 Å². The number of amidine groups is 2. The first-order chi connectivity index (χ1) is 17.0. The van der Waals surface area contributed by atoms with Crippen molar-refractivity contribution in [2.75, 3.05) is 12.4 Å². The zero-order valence-electron chi connectivity index (χ0n) is 19.3. The number of anilines is 1. The summed E-state index contributed by atoms with van der Waals surface area (Å²) >= 11 is 1.25. The zero-order valence-corrected chi connectivity index (χ0v) is 20.2. The molecular weight excluding hydrogens is 460 g/mol. The molecule has 8 heteroatoms. The largest absolute Gasteiger partial charge is 0.497 e. The Bertz CT molecular complexity index is 1320. The highest BCUT2D eigenvalue weighted by Gasteiger charge is 2.42. The molecule has 35 heavy (non-hydrogen) atoms. The number of hydrogen-bond acceptors (Lipinski definition) is 6. The van der Waals surface area contributed by atoms with Gasteiger partial charge in [-0.2, -0.15) is 0 Å². The number of amides is 2. The molecule has 0 bridgehead atoms. The van der Waals surface area contributed by atoms with Crippen molar-refractivity contribution in [3.63, 3.8) is 0 Å². The van der Waals surface area contributed by atoms with E-state index in [4.69, 9.17) is 14.7 Å².